The van der Waals surface area contributed by atoms with Gasteiger partial charge in [-0.25, -0.2) is 0 Å². The van der Waals surface area contributed by atoms with Crippen LogP contribution in [-0.4, -0.2) is 37.5 Å². The van der Waals surface area contributed by atoms with Gasteiger partial charge in [0.1, 0.15) is 0 Å². The molecule has 0 aliphatic rings. The van der Waals surface area contributed by atoms with Gasteiger partial charge in [-0.15, -0.1) is 0 Å². The highest BCUT2D eigenvalue weighted by atomic mass is 16.2. The number of rotatable bonds is 4. The summed E-state index contributed by atoms with van der Waals surface area (Å²) < 4.78 is 0. The number of benzene rings is 1. The van der Waals surface area contributed by atoms with Gasteiger partial charge in [-0.1, -0.05) is 6.92 Å². The highest BCUT2D eigenvalue weighted by Gasteiger charge is 2.23. The SMILES string of the molecule is CCC(C)(C)N(C)c1cc(C(=O)N(C)C)ccc1N. The smallest absolute Gasteiger partial charge is 0.253 e. The molecule has 19 heavy (non-hydrogen) atoms. The lowest BCUT2D eigenvalue weighted by atomic mass is 9.98. The number of nitrogens with two attached hydrogens (primary N) is 1. The van der Waals surface area contributed by atoms with E-state index in [1.165, 1.54) is 0 Å². The second kappa shape index (κ2) is 5.51. The van der Waals surface area contributed by atoms with E-state index in [-0.39, 0.29) is 11.4 Å². The molecule has 1 aromatic carbocycles. The summed E-state index contributed by atoms with van der Waals surface area (Å²) in [4.78, 5) is 15.7. The van der Waals surface area contributed by atoms with Crippen molar-refractivity contribution < 1.29 is 4.79 Å². The van der Waals surface area contributed by atoms with Crippen LogP contribution in [0.1, 0.15) is 37.6 Å². The van der Waals surface area contributed by atoms with Gasteiger partial charge in [0, 0.05) is 32.2 Å². The van der Waals surface area contributed by atoms with Gasteiger partial charge < -0.3 is 15.5 Å². The number of nitrogen functional groups attached to an aromatic ring is 1. The Kier molecular flexibility index (Phi) is 4.45. The van der Waals surface area contributed by atoms with Crippen LogP contribution in [-0.2, 0) is 0 Å². The first-order valence-corrected chi connectivity index (χ1v) is 6.55. The number of nitrogens with zero attached hydrogens (tertiary/aromatic N) is 2. The van der Waals surface area contributed by atoms with E-state index < -0.39 is 0 Å². The minimum atomic E-state index is -0.0102. The predicted octanol–water partition coefficient (Wildman–Crippen LogP) is 2.60. The van der Waals surface area contributed by atoms with Crippen LogP contribution >= 0.6 is 0 Å². The fraction of sp³-hybridized carbons (Fsp3) is 0.533. The van der Waals surface area contributed by atoms with E-state index >= 15 is 0 Å². The van der Waals surface area contributed by atoms with Crippen LogP contribution < -0.4 is 10.6 Å². The largest absolute Gasteiger partial charge is 0.397 e. The molecule has 0 saturated carbocycles. The molecule has 0 aliphatic heterocycles. The summed E-state index contributed by atoms with van der Waals surface area (Å²) >= 11 is 0. The number of anilines is 2. The number of amides is 1. The zero-order valence-corrected chi connectivity index (χ0v) is 12.8. The summed E-state index contributed by atoms with van der Waals surface area (Å²) in [6.07, 6.45) is 0.995. The third kappa shape index (κ3) is 3.19. The van der Waals surface area contributed by atoms with E-state index in [0.717, 1.165) is 12.1 Å². The third-order valence-electron chi connectivity index (χ3n) is 3.82. The first kappa shape index (κ1) is 15.3. The predicted molar refractivity (Wildman–Crippen MR) is 81.6 cm³/mol. The monoisotopic (exact) mass is 263 g/mol. The summed E-state index contributed by atoms with van der Waals surface area (Å²) in [6.45, 7) is 6.46. The van der Waals surface area contributed by atoms with Crippen LogP contribution in [0.3, 0.4) is 0 Å². The molecular weight excluding hydrogens is 238 g/mol. The van der Waals surface area contributed by atoms with E-state index in [4.69, 9.17) is 5.73 Å². The standard InChI is InChI=1S/C15H25N3O/c1-7-15(2,3)18(6)13-10-11(8-9-12(13)16)14(19)17(4)5/h8-10H,7,16H2,1-6H3. The van der Waals surface area contributed by atoms with Crippen molar-refractivity contribution in [2.75, 3.05) is 31.8 Å². The van der Waals surface area contributed by atoms with Crippen molar-refractivity contribution in [2.24, 2.45) is 0 Å². The minimum Gasteiger partial charge on any atom is -0.397 e. The molecular formula is C15H25N3O. The lowest BCUT2D eigenvalue weighted by molar-refractivity contribution is 0.0827. The lowest BCUT2D eigenvalue weighted by Crippen LogP contribution is -2.41. The maximum atomic E-state index is 12.0. The summed E-state index contributed by atoms with van der Waals surface area (Å²) in [5.74, 6) is -0.0102. The molecule has 0 heterocycles. The molecule has 0 unspecified atom stereocenters. The van der Waals surface area contributed by atoms with Gasteiger partial charge >= 0.3 is 0 Å². The van der Waals surface area contributed by atoms with Crippen LogP contribution in [0.15, 0.2) is 18.2 Å². The van der Waals surface area contributed by atoms with E-state index in [2.05, 4.69) is 25.7 Å². The second-order valence-corrected chi connectivity index (χ2v) is 5.70. The Balaban J connectivity index is 3.21. The van der Waals surface area contributed by atoms with Crippen molar-refractivity contribution in [1.82, 2.24) is 4.90 Å². The van der Waals surface area contributed by atoms with Gasteiger partial charge in [0.2, 0.25) is 0 Å². The second-order valence-electron chi connectivity index (χ2n) is 5.70. The normalized spacial score (nSPS) is 11.3. The van der Waals surface area contributed by atoms with Crippen molar-refractivity contribution in [2.45, 2.75) is 32.7 Å². The van der Waals surface area contributed by atoms with Crippen LogP contribution in [0.25, 0.3) is 0 Å². The molecule has 0 fully saturated rings. The molecule has 0 atom stereocenters. The average Bonchev–Trinajstić information content (AvgIpc) is 2.37. The van der Waals surface area contributed by atoms with Crippen LogP contribution in [0.2, 0.25) is 0 Å². The number of hydrogen-bond donors (Lipinski definition) is 1. The summed E-state index contributed by atoms with van der Waals surface area (Å²) in [7, 11) is 5.51. The quantitative estimate of drug-likeness (QED) is 0.849. The van der Waals surface area contributed by atoms with Crippen LogP contribution in [0.5, 0.6) is 0 Å². The van der Waals surface area contributed by atoms with Gasteiger partial charge in [-0.3, -0.25) is 4.79 Å². The van der Waals surface area contributed by atoms with Gasteiger partial charge in [-0.05, 0) is 38.5 Å². The topological polar surface area (TPSA) is 49.6 Å². The first-order chi connectivity index (χ1) is 8.70. The number of hydrogen-bond acceptors (Lipinski definition) is 3. The Morgan fingerprint density at radius 1 is 1.26 bits per heavy atom. The van der Waals surface area contributed by atoms with E-state index in [9.17, 15) is 4.79 Å². The van der Waals surface area contributed by atoms with Crippen molar-refractivity contribution in [3.63, 3.8) is 0 Å². The van der Waals surface area contributed by atoms with Crippen molar-refractivity contribution in [3.8, 4) is 0 Å². The summed E-state index contributed by atoms with van der Waals surface area (Å²) in [6, 6.07) is 5.44. The molecule has 1 rings (SSSR count). The Labute approximate surface area is 116 Å². The van der Waals surface area contributed by atoms with E-state index in [1.54, 1.807) is 31.1 Å². The molecule has 1 amide bonds. The Bertz CT molecular complexity index is 466. The molecule has 0 aliphatic carbocycles. The Morgan fingerprint density at radius 2 is 1.84 bits per heavy atom. The van der Waals surface area contributed by atoms with Gasteiger partial charge in [0.05, 0.1) is 11.4 Å². The van der Waals surface area contributed by atoms with Crippen molar-refractivity contribution >= 4 is 17.3 Å². The molecule has 0 bridgehead atoms. The number of carbonyl (C=O) groups excluding carboxylic acids is 1. The molecule has 4 nitrogen and oxygen atoms in total. The lowest BCUT2D eigenvalue weighted by Gasteiger charge is -2.37. The molecule has 1 aromatic rings. The fourth-order valence-electron chi connectivity index (χ4n) is 1.79. The summed E-state index contributed by atoms with van der Waals surface area (Å²) in [5, 5.41) is 0. The minimum absolute atomic E-state index is 0.00604. The molecule has 4 heteroatoms. The maximum Gasteiger partial charge on any atom is 0.253 e. The highest BCUT2D eigenvalue weighted by Crippen LogP contribution is 2.30. The Morgan fingerprint density at radius 3 is 2.32 bits per heavy atom. The third-order valence-corrected chi connectivity index (χ3v) is 3.82. The highest BCUT2D eigenvalue weighted by molar-refractivity contribution is 5.96. The van der Waals surface area contributed by atoms with Crippen LogP contribution in [0, 0.1) is 0 Å². The molecule has 0 radical (unpaired) electrons. The summed E-state index contributed by atoms with van der Waals surface area (Å²) in [5.41, 5.74) is 8.30. The van der Waals surface area contributed by atoms with Gasteiger partial charge in [0.15, 0.2) is 0 Å². The van der Waals surface area contributed by atoms with Gasteiger partial charge in [-0.2, -0.15) is 0 Å². The van der Waals surface area contributed by atoms with Crippen molar-refractivity contribution in [3.05, 3.63) is 23.8 Å². The maximum absolute atomic E-state index is 12.0. The zero-order valence-electron chi connectivity index (χ0n) is 12.8. The first-order valence-electron chi connectivity index (χ1n) is 6.55. The van der Waals surface area contributed by atoms with Gasteiger partial charge in [0.25, 0.3) is 5.91 Å². The van der Waals surface area contributed by atoms with Crippen LogP contribution in [0.4, 0.5) is 11.4 Å². The van der Waals surface area contributed by atoms with E-state index in [0.29, 0.717) is 11.3 Å². The molecule has 106 valence electrons. The molecule has 2 N–H and O–H groups in total. The Hall–Kier alpha value is -1.71. The molecule has 0 aromatic heterocycles. The molecule has 0 spiro atoms. The number of carbonyl (C=O) groups is 1. The molecule has 0 saturated heterocycles. The van der Waals surface area contributed by atoms with E-state index in [1.807, 2.05) is 13.1 Å². The zero-order chi connectivity index (χ0) is 14.8. The fourth-order valence-corrected chi connectivity index (χ4v) is 1.79. The average molecular weight is 263 g/mol. The van der Waals surface area contributed by atoms with Crippen molar-refractivity contribution in [1.29, 1.82) is 0 Å².